The minimum absolute atomic E-state index is 0.623. The van der Waals surface area contributed by atoms with Gasteiger partial charge < -0.3 is 14.6 Å². The van der Waals surface area contributed by atoms with Crippen LogP contribution in [0, 0.1) is 0 Å². The highest BCUT2D eigenvalue weighted by Gasteiger charge is 2.44. The summed E-state index contributed by atoms with van der Waals surface area (Å²) in [6, 6.07) is 3.91. The number of hydrogen-bond acceptors (Lipinski definition) is 3. The quantitative estimate of drug-likeness (QED) is 0.928. The molecule has 0 radical (unpaired) electrons. The van der Waals surface area contributed by atoms with Crippen molar-refractivity contribution >= 4 is 5.97 Å². The highest BCUT2D eigenvalue weighted by molar-refractivity contribution is 5.83. The topological polar surface area (TPSA) is 55.8 Å². The smallest absolute Gasteiger partial charge is 0.314 e. The number of rotatable bonds is 3. The molecule has 1 fully saturated rings. The number of benzene rings is 1. The third kappa shape index (κ3) is 2.37. The Morgan fingerprint density at radius 2 is 1.76 bits per heavy atom. The molecule has 1 aliphatic carbocycles. The number of aliphatic carboxylic acids is 1. The minimum Gasteiger partial charge on any atom is -0.490 e. The van der Waals surface area contributed by atoms with E-state index in [9.17, 15) is 9.90 Å². The lowest BCUT2D eigenvalue weighted by atomic mass is 9.76. The number of carbonyl (C=O) groups is 1. The molecule has 4 nitrogen and oxygen atoms in total. The van der Waals surface area contributed by atoms with Crippen LogP contribution in [-0.2, 0) is 16.6 Å². The molecule has 0 aromatic heterocycles. The Balaban J connectivity index is 2.12. The van der Waals surface area contributed by atoms with Gasteiger partial charge in [-0.3, -0.25) is 4.79 Å². The highest BCUT2D eigenvalue weighted by atomic mass is 16.5. The molecule has 1 aliphatic heterocycles. The van der Waals surface area contributed by atoms with Crippen LogP contribution in [0.1, 0.15) is 50.2 Å². The van der Waals surface area contributed by atoms with Crippen LogP contribution in [0.2, 0.25) is 0 Å². The van der Waals surface area contributed by atoms with Gasteiger partial charge in [0.15, 0.2) is 11.5 Å². The maximum atomic E-state index is 12.0. The molecule has 3 rings (SSSR count). The van der Waals surface area contributed by atoms with E-state index in [1.54, 1.807) is 0 Å². The summed E-state index contributed by atoms with van der Waals surface area (Å²) in [5, 5.41) is 9.82. The van der Waals surface area contributed by atoms with Crippen molar-refractivity contribution in [1.29, 1.82) is 0 Å². The Labute approximate surface area is 125 Å². The molecule has 0 bridgehead atoms. The monoisotopic (exact) mass is 290 g/mol. The molecule has 0 spiro atoms. The molecule has 1 saturated carbocycles. The predicted molar refractivity (Wildman–Crippen MR) is 79.2 cm³/mol. The van der Waals surface area contributed by atoms with Crippen LogP contribution >= 0.6 is 0 Å². The molecule has 1 aromatic carbocycles. The number of carboxylic acid groups (broad SMARTS) is 1. The van der Waals surface area contributed by atoms with Gasteiger partial charge in [-0.25, -0.2) is 0 Å². The van der Waals surface area contributed by atoms with Crippen LogP contribution in [0.15, 0.2) is 12.1 Å². The van der Waals surface area contributed by atoms with Gasteiger partial charge in [0.05, 0.1) is 18.6 Å². The van der Waals surface area contributed by atoms with E-state index >= 15 is 0 Å². The van der Waals surface area contributed by atoms with Crippen molar-refractivity contribution in [2.75, 3.05) is 13.2 Å². The van der Waals surface area contributed by atoms with Gasteiger partial charge in [0.1, 0.15) is 0 Å². The molecule has 4 heteroatoms. The molecule has 0 amide bonds. The molecule has 1 N–H and O–H groups in total. The number of carboxylic acids is 1. The summed E-state index contributed by atoms with van der Waals surface area (Å²) < 4.78 is 11.5. The first-order valence-corrected chi connectivity index (χ1v) is 7.84. The van der Waals surface area contributed by atoms with Crippen molar-refractivity contribution in [3.63, 3.8) is 0 Å². The van der Waals surface area contributed by atoms with Gasteiger partial charge in [0.25, 0.3) is 0 Å². The summed E-state index contributed by atoms with van der Waals surface area (Å²) in [6.07, 6.45) is 5.05. The van der Waals surface area contributed by atoms with Gasteiger partial charge >= 0.3 is 5.97 Å². The average Bonchev–Trinajstić information content (AvgIpc) is 2.87. The molecule has 1 aromatic rings. The Morgan fingerprint density at radius 1 is 1.14 bits per heavy atom. The first kappa shape index (κ1) is 14.2. The van der Waals surface area contributed by atoms with Gasteiger partial charge in [-0.15, -0.1) is 0 Å². The maximum absolute atomic E-state index is 12.0. The molecule has 2 aliphatic rings. The van der Waals surface area contributed by atoms with E-state index < -0.39 is 11.4 Å². The summed E-state index contributed by atoms with van der Waals surface area (Å²) in [7, 11) is 0. The second-order valence-electron chi connectivity index (χ2n) is 5.95. The van der Waals surface area contributed by atoms with E-state index in [0.29, 0.717) is 19.0 Å². The Kier molecular flexibility index (Phi) is 3.79. The van der Waals surface area contributed by atoms with E-state index in [1.165, 1.54) is 0 Å². The van der Waals surface area contributed by atoms with Gasteiger partial charge in [0.2, 0.25) is 0 Å². The van der Waals surface area contributed by atoms with Gasteiger partial charge in [-0.05, 0) is 42.5 Å². The average molecular weight is 290 g/mol. The third-order valence-electron chi connectivity index (χ3n) is 4.74. The first-order chi connectivity index (χ1) is 10.2. The fourth-order valence-electron chi connectivity index (χ4n) is 3.57. The molecule has 0 unspecified atom stereocenters. The molecule has 114 valence electrons. The number of hydrogen-bond donors (Lipinski definition) is 1. The lowest BCUT2D eigenvalue weighted by molar-refractivity contribution is -0.143. The van der Waals surface area contributed by atoms with Crippen molar-refractivity contribution in [2.24, 2.45) is 0 Å². The Hall–Kier alpha value is -1.71. The van der Waals surface area contributed by atoms with Crippen molar-refractivity contribution in [1.82, 2.24) is 0 Å². The number of ether oxygens (including phenoxy) is 2. The zero-order chi connectivity index (χ0) is 14.9. The summed E-state index contributed by atoms with van der Waals surface area (Å²) >= 11 is 0. The highest BCUT2D eigenvalue weighted by Crippen LogP contribution is 2.46. The molecular formula is C17H22O4. The van der Waals surface area contributed by atoms with Crippen LogP contribution in [0.4, 0.5) is 0 Å². The van der Waals surface area contributed by atoms with E-state index in [2.05, 4.69) is 6.92 Å². The standard InChI is InChI=1S/C17H22O4/c1-2-12-10-14-15(21-9-5-8-20-14)11-13(12)17(16(18)19)6-3-4-7-17/h10-11H,2-9H2,1H3,(H,18,19). The first-order valence-electron chi connectivity index (χ1n) is 7.84. The van der Waals surface area contributed by atoms with Gasteiger partial charge in [-0.1, -0.05) is 19.8 Å². The van der Waals surface area contributed by atoms with Gasteiger partial charge in [0, 0.05) is 6.42 Å². The fraction of sp³-hybridized carbons (Fsp3) is 0.588. The Bertz CT molecular complexity index is 544. The third-order valence-corrected chi connectivity index (χ3v) is 4.74. The predicted octanol–water partition coefficient (Wildman–Crippen LogP) is 3.31. The zero-order valence-corrected chi connectivity index (χ0v) is 12.5. The lowest BCUT2D eigenvalue weighted by Gasteiger charge is -2.28. The molecule has 21 heavy (non-hydrogen) atoms. The normalized spacial score (nSPS) is 20.0. The fourth-order valence-corrected chi connectivity index (χ4v) is 3.57. The summed E-state index contributed by atoms with van der Waals surface area (Å²) in [4.78, 5) is 12.0. The second kappa shape index (κ2) is 5.58. The van der Waals surface area contributed by atoms with E-state index in [4.69, 9.17) is 9.47 Å². The van der Waals surface area contributed by atoms with Crippen LogP contribution in [0.5, 0.6) is 11.5 Å². The molecule has 0 atom stereocenters. The lowest BCUT2D eigenvalue weighted by Crippen LogP contribution is -2.33. The van der Waals surface area contributed by atoms with Crippen molar-refractivity contribution in [2.45, 2.75) is 50.9 Å². The summed E-state index contributed by atoms with van der Waals surface area (Å²) in [5.74, 6) is 0.753. The van der Waals surface area contributed by atoms with Crippen LogP contribution < -0.4 is 9.47 Å². The van der Waals surface area contributed by atoms with Crippen LogP contribution in [0.25, 0.3) is 0 Å². The molecular weight excluding hydrogens is 268 g/mol. The number of aryl methyl sites for hydroxylation is 1. The van der Waals surface area contributed by atoms with Crippen LogP contribution in [-0.4, -0.2) is 24.3 Å². The number of fused-ring (bicyclic) bond motifs is 1. The SMILES string of the molecule is CCc1cc2c(cc1C1(C(=O)O)CCCC1)OCCCO2. The van der Waals surface area contributed by atoms with Crippen molar-refractivity contribution in [3.8, 4) is 11.5 Å². The van der Waals surface area contributed by atoms with Crippen molar-refractivity contribution < 1.29 is 19.4 Å². The molecule has 0 saturated heterocycles. The second-order valence-corrected chi connectivity index (χ2v) is 5.95. The molecule has 1 heterocycles. The summed E-state index contributed by atoms with van der Waals surface area (Å²) in [5.41, 5.74) is 1.26. The van der Waals surface area contributed by atoms with Crippen molar-refractivity contribution in [3.05, 3.63) is 23.3 Å². The summed E-state index contributed by atoms with van der Waals surface area (Å²) in [6.45, 7) is 3.34. The van der Waals surface area contributed by atoms with E-state index in [1.807, 2.05) is 12.1 Å². The van der Waals surface area contributed by atoms with Gasteiger partial charge in [-0.2, -0.15) is 0 Å². The van der Waals surface area contributed by atoms with Crippen LogP contribution in [0.3, 0.4) is 0 Å². The minimum atomic E-state index is -0.740. The Morgan fingerprint density at radius 3 is 2.33 bits per heavy atom. The van der Waals surface area contributed by atoms with E-state index in [0.717, 1.165) is 55.4 Å². The maximum Gasteiger partial charge on any atom is 0.314 e. The zero-order valence-electron chi connectivity index (χ0n) is 12.5. The largest absolute Gasteiger partial charge is 0.490 e. The van der Waals surface area contributed by atoms with E-state index in [-0.39, 0.29) is 0 Å².